The van der Waals surface area contributed by atoms with Crippen molar-refractivity contribution in [1.82, 2.24) is 4.90 Å². The monoisotopic (exact) mass is 290 g/mol. The number of likely N-dealkylation sites (N-methyl/N-ethyl adjacent to an activating group) is 1. The summed E-state index contributed by atoms with van der Waals surface area (Å²) < 4.78 is 18.3. The summed E-state index contributed by atoms with van der Waals surface area (Å²) in [6.07, 6.45) is 0.155. The molecule has 1 rings (SSSR count). The van der Waals surface area contributed by atoms with Crippen LogP contribution in [0.2, 0.25) is 0 Å². The maximum atomic E-state index is 13.5. The molecule has 0 aliphatic rings. The molecule has 0 aromatic heterocycles. The fraction of sp³-hybridized carbons (Fsp3) is 0.462. The minimum absolute atomic E-state index is 0. The van der Waals surface area contributed by atoms with Gasteiger partial charge in [-0.1, -0.05) is 6.07 Å². The molecule has 0 saturated carbocycles. The van der Waals surface area contributed by atoms with Crippen molar-refractivity contribution >= 4 is 18.3 Å². The summed E-state index contributed by atoms with van der Waals surface area (Å²) in [5.41, 5.74) is 6.12. The van der Waals surface area contributed by atoms with Crippen molar-refractivity contribution in [3.63, 3.8) is 0 Å². The van der Waals surface area contributed by atoms with Crippen molar-refractivity contribution in [1.29, 1.82) is 0 Å². The number of benzene rings is 1. The van der Waals surface area contributed by atoms with Crippen LogP contribution in [0.5, 0.6) is 5.75 Å². The molecule has 1 unspecified atom stereocenters. The number of carbonyl (C=O) groups is 1. The highest BCUT2D eigenvalue weighted by atomic mass is 35.5. The van der Waals surface area contributed by atoms with Gasteiger partial charge in [0.05, 0.1) is 13.5 Å². The third kappa shape index (κ3) is 4.69. The lowest BCUT2D eigenvalue weighted by Crippen LogP contribution is -2.40. The average Bonchev–Trinajstić information content (AvgIpc) is 2.37. The van der Waals surface area contributed by atoms with Gasteiger partial charge in [0.15, 0.2) is 11.6 Å². The zero-order valence-corrected chi connectivity index (χ0v) is 12.2. The van der Waals surface area contributed by atoms with Gasteiger partial charge in [-0.15, -0.1) is 12.4 Å². The van der Waals surface area contributed by atoms with E-state index in [9.17, 15) is 9.18 Å². The molecule has 0 aliphatic carbocycles. The van der Waals surface area contributed by atoms with E-state index in [4.69, 9.17) is 10.5 Å². The van der Waals surface area contributed by atoms with Gasteiger partial charge >= 0.3 is 0 Å². The van der Waals surface area contributed by atoms with E-state index < -0.39 is 5.82 Å². The predicted molar refractivity (Wildman–Crippen MR) is 75.2 cm³/mol. The van der Waals surface area contributed by atoms with Crippen LogP contribution in [0.4, 0.5) is 4.39 Å². The van der Waals surface area contributed by atoms with E-state index >= 15 is 0 Å². The second-order valence-corrected chi connectivity index (χ2v) is 4.24. The van der Waals surface area contributed by atoms with E-state index in [-0.39, 0.29) is 36.5 Å². The Balaban J connectivity index is 0.00000324. The Bertz CT molecular complexity index is 429. The molecule has 0 fully saturated rings. The number of hydrogen-bond acceptors (Lipinski definition) is 3. The first-order valence-electron chi connectivity index (χ1n) is 5.77. The highest BCUT2D eigenvalue weighted by Crippen LogP contribution is 2.18. The first kappa shape index (κ1) is 17.7. The number of amides is 1. The van der Waals surface area contributed by atoms with Crippen molar-refractivity contribution in [2.75, 3.05) is 20.7 Å². The molecule has 2 N–H and O–H groups in total. The number of halogens is 2. The average molecular weight is 291 g/mol. The molecule has 19 heavy (non-hydrogen) atoms. The van der Waals surface area contributed by atoms with Gasteiger partial charge in [0.1, 0.15) is 0 Å². The molecule has 1 aromatic rings. The molecule has 6 heteroatoms. The maximum Gasteiger partial charge on any atom is 0.227 e. The van der Waals surface area contributed by atoms with E-state index in [1.165, 1.54) is 19.2 Å². The number of carbonyl (C=O) groups excluding carboxylic acids is 1. The Kier molecular flexibility index (Phi) is 7.41. The molecule has 0 spiro atoms. The number of methoxy groups -OCH3 is 1. The highest BCUT2D eigenvalue weighted by molar-refractivity contribution is 5.85. The van der Waals surface area contributed by atoms with Gasteiger partial charge in [-0.05, 0) is 24.6 Å². The van der Waals surface area contributed by atoms with Crippen LogP contribution in [0, 0.1) is 5.82 Å². The predicted octanol–water partition coefficient (Wildman–Crippen LogP) is 1.60. The quantitative estimate of drug-likeness (QED) is 0.896. The van der Waals surface area contributed by atoms with Gasteiger partial charge in [-0.3, -0.25) is 4.79 Å². The van der Waals surface area contributed by atoms with Crippen molar-refractivity contribution in [3.8, 4) is 5.75 Å². The summed E-state index contributed by atoms with van der Waals surface area (Å²) >= 11 is 0. The van der Waals surface area contributed by atoms with Gasteiger partial charge < -0.3 is 15.4 Å². The molecule has 0 bridgehead atoms. The number of nitrogens with zero attached hydrogens (tertiary/aromatic N) is 1. The summed E-state index contributed by atoms with van der Waals surface area (Å²) in [5.74, 6) is -0.371. The first-order valence-corrected chi connectivity index (χ1v) is 5.77. The third-order valence-electron chi connectivity index (χ3n) is 2.97. The molecule has 0 saturated heterocycles. The molecule has 108 valence electrons. The molecule has 1 aromatic carbocycles. The SMILES string of the molecule is COc1ccc(CC(=O)N(C)C(C)CN)cc1F.Cl. The molecule has 1 amide bonds. The Morgan fingerprint density at radius 1 is 1.53 bits per heavy atom. The molecule has 0 radical (unpaired) electrons. The van der Waals surface area contributed by atoms with E-state index in [0.717, 1.165) is 0 Å². The minimum Gasteiger partial charge on any atom is -0.494 e. The van der Waals surface area contributed by atoms with Gasteiger partial charge in [0.2, 0.25) is 5.91 Å². The summed E-state index contributed by atoms with van der Waals surface area (Å²) in [6, 6.07) is 4.49. The number of rotatable bonds is 5. The summed E-state index contributed by atoms with van der Waals surface area (Å²) in [7, 11) is 3.10. The molecule has 0 heterocycles. The van der Waals surface area contributed by atoms with Gasteiger partial charge in [-0.25, -0.2) is 4.39 Å². The zero-order valence-electron chi connectivity index (χ0n) is 11.4. The van der Waals surface area contributed by atoms with Crippen LogP contribution in [0.3, 0.4) is 0 Å². The van der Waals surface area contributed by atoms with Crippen LogP contribution in [0.15, 0.2) is 18.2 Å². The molecule has 4 nitrogen and oxygen atoms in total. The molecular formula is C13H20ClFN2O2. The Morgan fingerprint density at radius 2 is 2.16 bits per heavy atom. The smallest absolute Gasteiger partial charge is 0.227 e. The number of hydrogen-bond donors (Lipinski definition) is 1. The summed E-state index contributed by atoms with van der Waals surface area (Å²) in [5, 5.41) is 0. The van der Waals surface area contributed by atoms with Crippen LogP contribution in [0.25, 0.3) is 0 Å². The van der Waals surface area contributed by atoms with Crippen LogP contribution < -0.4 is 10.5 Å². The summed E-state index contributed by atoms with van der Waals surface area (Å²) in [4.78, 5) is 13.5. The van der Waals surface area contributed by atoms with Gasteiger partial charge in [0.25, 0.3) is 0 Å². The fourth-order valence-electron chi connectivity index (χ4n) is 1.52. The minimum atomic E-state index is -0.461. The Labute approximate surface area is 119 Å². The van der Waals surface area contributed by atoms with Crippen molar-refractivity contribution in [2.24, 2.45) is 5.73 Å². The van der Waals surface area contributed by atoms with Crippen molar-refractivity contribution in [3.05, 3.63) is 29.6 Å². The van der Waals surface area contributed by atoms with E-state index in [0.29, 0.717) is 12.1 Å². The van der Waals surface area contributed by atoms with E-state index in [2.05, 4.69) is 0 Å². The topological polar surface area (TPSA) is 55.6 Å². The first-order chi connectivity index (χ1) is 8.49. The van der Waals surface area contributed by atoms with Crippen LogP contribution in [-0.4, -0.2) is 37.6 Å². The largest absolute Gasteiger partial charge is 0.494 e. The van der Waals surface area contributed by atoms with Gasteiger partial charge in [0, 0.05) is 19.6 Å². The number of nitrogens with two attached hydrogens (primary N) is 1. The van der Waals surface area contributed by atoms with Crippen molar-refractivity contribution < 1.29 is 13.9 Å². The summed E-state index contributed by atoms with van der Waals surface area (Å²) in [6.45, 7) is 2.27. The molecule has 1 atom stereocenters. The standard InChI is InChI=1S/C13H19FN2O2.ClH/c1-9(8-15)16(2)13(17)7-10-4-5-12(18-3)11(14)6-10;/h4-6,9H,7-8,15H2,1-3H3;1H. The van der Waals surface area contributed by atoms with E-state index in [1.807, 2.05) is 6.92 Å². The number of ether oxygens (including phenoxy) is 1. The van der Waals surface area contributed by atoms with E-state index in [1.54, 1.807) is 18.0 Å². The maximum absolute atomic E-state index is 13.5. The lowest BCUT2D eigenvalue weighted by Gasteiger charge is -2.23. The van der Waals surface area contributed by atoms with Crippen LogP contribution in [0.1, 0.15) is 12.5 Å². The van der Waals surface area contributed by atoms with Crippen LogP contribution in [-0.2, 0) is 11.2 Å². The normalized spacial score (nSPS) is 11.4. The zero-order chi connectivity index (χ0) is 13.7. The second-order valence-electron chi connectivity index (χ2n) is 4.24. The second kappa shape index (κ2) is 7.96. The van der Waals surface area contributed by atoms with Gasteiger partial charge in [-0.2, -0.15) is 0 Å². The highest BCUT2D eigenvalue weighted by Gasteiger charge is 2.15. The Hall–Kier alpha value is -1.33. The lowest BCUT2D eigenvalue weighted by atomic mass is 10.1. The fourth-order valence-corrected chi connectivity index (χ4v) is 1.52. The van der Waals surface area contributed by atoms with Crippen molar-refractivity contribution in [2.45, 2.75) is 19.4 Å². The molecule has 0 aliphatic heterocycles. The molecular weight excluding hydrogens is 271 g/mol. The van der Waals surface area contributed by atoms with Crippen LogP contribution >= 0.6 is 12.4 Å². The lowest BCUT2D eigenvalue weighted by molar-refractivity contribution is -0.130. The third-order valence-corrected chi connectivity index (χ3v) is 2.97. The Morgan fingerprint density at radius 3 is 2.63 bits per heavy atom.